The van der Waals surface area contributed by atoms with Gasteiger partial charge in [0.2, 0.25) is 0 Å². The number of aliphatic hydroxyl groups is 1. The highest BCUT2D eigenvalue weighted by Crippen LogP contribution is 2.35. The molecular formula is C31H31N5O4S. The third-order valence-corrected chi connectivity index (χ3v) is 8.69. The van der Waals surface area contributed by atoms with Gasteiger partial charge in [-0.05, 0) is 78.1 Å². The monoisotopic (exact) mass is 569 g/mol. The average molecular weight is 570 g/mol. The number of ether oxygens (including phenoxy) is 1. The number of fused-ring (bicyclic) bond motifs is 2. The van der Waals surface area contributed by atoms with Crippen LogP contribution in [0.25, 0.3) is 22.2 Å². The quantitative estimate of drug-likeness (QED) is 0.163. The van der Waals surface area contributed by atoms with E-state index in [4.69, 9.17) is 10.5 Å². The maximum absolute atomic E-state index is 13.5. The van der Waals surface area contributed by atoms with E-state index in [2.05, 4.69) is 20.0 Å². The molecule has 2 unspecified atom stereocenters. The van der Waals surface area contributed by atoms with E-state index < -0.39 is 16.1 Å². The van der Waals surface area contributed by atoms with Gasteiger partial charge < -0.3 is 25.9 Å². The summed E-state index contributed by atoms with van der Waals surface area (Å²) in [5, 5.41) is 14.6. The minimum atomic E-state index is -3.86. The molecule has 6 N–H and O–H groups in total. The first kappa shape index (κ1) is 26.8. The average Bonchev–Trinajstić information content (AvgIpc) is 3.47. The molecule has 3 aromatic carbocycles. The minimum absolute atomic E-state index is 0.0841. The van der Waals surface area contributed by atoms with Crippen molar-refractivity contribution in [3.05, 3.63) is 102 Å². The van der Waals surface area contributed by atoms with Crippen LogP contribution in [0.4, 0.5) is 11.4 Å². The van der Waals surface area contributed by atoms with Gasteiger partial charge in [0, 0.05) is 42.1 Å². The van der Waals surface area contributed by atoms with Crippen LogP contribution >= 0.6 is 0 Å². The van der Waals surface area contributed by atoms with E-state index >= 15 is 0 Å². The van der Waals surface area contributed by atoms with Gasteiger partial charge >= 0.3 is 0 Å². The Labute approximate surface area is 238 Å². The van der Waals surface area contributed by atoms with Crippen LogP contribution in [0.3, 0.4) is 0 Å². The van der Waals surface area contributed by atoms with E-state index in [0.29, 0.717) is 36.6 Å². The standard InChI is InChI=1S/C31H31N5O4S/c32-22-8-5-20(6-9-22)29(37)19-33-18-23-10-7-21-17-24(11-12-30(21)40-23)41(38,39)36-28-4-2-1-3-26(28)25-13-15-34-31-27(25)14-16-35-31/h1-6,8-9,11-17,23,29,33,36-37H,7,10,18-19,32H2,(H,34,35). The zero-order valence-corrected chi connectivity index (χ0v) is 23.1. The lowest BCUT2D eigenvalue weighted by Gasteiger charge is -2.27. The number of aromatic amines is 1. The van der Waals surface area contributed by atoms with E-state index in [0.717, 1.165) is 39.7 Å². The summed E-state index contributed by atoms with van der Waals surface area (Å²) in [5.74, 6) is 0.674. The highest BCUT2D eigenvalue weighted by molar-refractivity contribution is 7.92. The maximum atomic E-state index is 13.5. The fourth-order valence-corrected chi connectivity index (χ4v) is 6.29. The second kappa shape index (κ2) is 11.2. The van der Waals surface area contributed by atoms with Crippen molar-refractivity contribution >= 4 is 32.4 Å². The van der Waals surface area contributed by atoms with Crippen molar-refractivity contribution in [2.45, 2.75) is 29.9 Å². The number of hydrogen-bond donors (Lipinski definition) is 5. The molecule has 0 aliphatic carbocycles. The molecule has 0 fully saturated rings. The maximum Gasteiger partial charge on any atom is 0.261 e. The van der Waals surface area contributed by atoms with Crippen LogP contribution in [0.5, 0.6) is 5.75 Å². The number of H-pyrrole nitrogens is 1. The number of aromatic nitrogens is 2. The first-order valence-corrected chi connectivity index (χ1v) is 14.9. The highest BCUT2D eigenvalue weighted by Gasteiger charge is 2.24. The van der Waals surface area contributed by atoms with Gasteiger partial charge in [0.05, 0.1) is 16.7 Å². The molecule has 2 atom stereocenters. The van der Waals surface area contributed by atoms with Crippen molar-refractivity contribution in [1.82, 2.24) is 15.3 Å². The summed E-state index contributed by atoms with van der Waals surface area (Å²) < 4.78 is 35.9. The molecular weight excluding hydrogens is 538 g/mol. The number of nitrogens with two attached hydrogens (primary N) is 1. The van der Waals surface area contributed by atoms with Gasteiger partial charge in [0.25, 0.3) is 10.0 Å². The number of pyridine rings is 1. The van der Waals surface area contributed by atoms with Crippen molar-refractivity contribution < 1.29 is 18.3 Å². The number of nitrogens with zero attached hydrogens (tertiary/aromatic N) is 1. The fourth-order valence-electron chi connectivity index (χ4n) is 5.16. The smallest absolute Gasteiger partial charge is 0.261 e. The van der Waals surface area contributed by atoms with Crippen molar-refractivity contribution in [1.29, 1.82) is 0 Å². The summed E-state index contributed by atoms with van der Waals surface area (Å²) in [6.45, 7) is 0.948. The molecule has 2 aromatic heterocycles. The van der Waals surface area contributed by atoms with Crippen LogP contribution in [0.2, 0.25) is 0 Å². The lowest BCUT2D eigenvalue weighted by atomic mass is 10.0. The number of benzene rings is 3. The van der Waals surface area contributed by atoms with Crippen molar-refractivity contribution in [2.24, 2.45) is 0 Å². The Morgan fingerprint density at radius 3 is 2.73 bits per heavy atom. The van der Waals surface area contributed by atoms with E-state index in [1.165, 1.54) is 0 Å². The van der Waals surface area contributed by atoms with Gasteiger partial charge in [-0.1, -0.05) is 30.3 Å². The minimum Gasteiger partial charge on any atom is -0.489 e. The van der Waals surface area contributed by atoms with Gasteiger partial charge in [0.15, 0.2) is 0 Å². The van der Waals surface area contributed by atoms with Gasteiger partial charge in [-0.15, -0.1) is 0 Å². The predicted octanol–water partition coefficient (Wildman–Crippen LogP) is 4.63. The van der Waals surface area contributed by atoms with E-state index in [1.807, 2.05) is 42.6 Å². The van der Waals surface area contributed by atoms with Gasteiger partial charge in [-0.3, -0.25) is 4.72 Å². The molecule has 1 aliphatic rings. The van der Waals surface area contributed by atoms with Crippen molar-refractivity contribution in [3.63, 3.8) is 0 Å². The number of nitrogens with one attached hydrogen (secondary N) is 3. The van der Waals surface area contributed by atoms with Gasteiger partial charge in [0.1, 0.15) is 17.5 Å². The van der Waals surface area contributed by atoms with Crippen LogP contribution in [-0.4, -0.2) is 42.7 Å². The molecule has 5 aromatic rings. The summed E-state index contributed by atoms with van der Waals surface area (Å²) in [6.07, 6.45) is 4.20. The topological polar surface area (TPSA) is 142 Å². The number of nitrogen functional groups attached to an aromatic ring is 1. The van der Waals surface area contributed by atoms with Crippen LogP contribution in [0, 0.1) is 0 Å². The molecule has 6 rings (SSSR count). The highest BCUT2D eigenvalue weighted by atomic mass is 32.2. The van der Waals surface area contributed by atoms with Gasteiger partial charge in [-0.2, -0.15) is 0 Å². The second-order valence-electron chi connectivity index (χ2n) is 10.1. The largest absolute Gasteiger partial charge is 0.489 e. The fraction of sp³-hybridized carbons (Fsp3) is 0.194. The molecule has 0 radical (unpaired) electrons. The Morgan fingerprint density at radius 2 is 1.88 bits per heavy atom. The molecule has 0 bridgehead atoms. The number of rotatable bonds is 9. The zero-order chi connectivity index (χ0) is 28.4. The Hall–Kier alpha value is -4.38. The molecule has 0 spiro atoms. The molecule has 10 heteroatoms. The Bertz CT molecular complexity index is 1790. The van der Waals surface area contributed by atoms with E-state index in [-0.39, 0.29) is 11.0 Å². The molecule has 210 valence electrons. The molecule has 1 aliphatic heterocycles. The van der Waals surface area contributed by atoms with Crippen LogP contribution in [-0.2, 0) is 16.4 Å². The van der Waals surface area contributed by atoms with E-state index in [9.17, 15) is 13.5 Å². The Balaban J connectivity index is 1.12. The molecule has 0 amide bonds. The molecule has 9 nitrogen and oxygen atoms in total. The summed E-state index contributed by atoms with van der Waals surface area (Å²) in [5.41, 5.74) is 10.9. The SMILES string of the molecule is Nc1ccc(C(O)CNCC2CCc3cc(S(=O)(=O)Nc4ccccc4-c4ccnc5[nH]ccc45)ccc3O2)cc1. The molecule has 41 heavy (non-hydrogen) atoms. The third-order valence-electron chi connectivity index (χ3n) is 7.32. The van der Waals surface area contributed by atoms with Crippen molar-refractivity contribution in [3.8, 4) is 16.9 Å². The normalized spacial score (nSPS) is 15.7. The Morgan fingerprint density at radius 1 is 1.05 bits per heavy atom. The number of aliphatic hydroxyl groups excluding tert-OH is 1. The molecule has 0 saturated carbocycles. The summed E-state index contributed by atoms with van der Waals surface area (Å²) in [4.78, 5) is 7.62. The number of hydrogen-bond acceptors (Lipinski definition) is 7. The third kappa shape index (κ3) is 5.76. The number of para-hydroxylation sites is 1. The second-order valence-corrected chi connectivity index (χ2v) is 11.8. The van der Waals surface area contributed by atoms with Crippen LogP contribution < -0.4 is 20.5 Å². The zero-order valence-electron chi connectivity index (χ0n) is 22.2. The first-order chi connectivity index (χ1) is 19.9. The molecule has 0 saturated heterocycles. The summed E-state index contributed by atoms with van der Waals surface area (Å²) in [7, 11) is -3.86. The van der Waals surface area contributed by atoms with Crippen LogP contribution in [0.15, 0.2) is 96.2 Å². The van der Waals surface area contributed by atoms with Gasteiger partial charge in [-0.25, -0.2) is 13.4 Å². The summed E-state index contributed by atoms with van der Waals surface area (Å²) >= 11 is 0. The first-order valence-electron chi connectivity index (χ1n) is 13.5. The lowest BCUT2D eigenvalue weighted by molar-refractivity contribution is 0.146. The van der Waals surface area contributed by atoms with E-state index in [1.54, 1.807) is 48.7 Å². The summed E-state index contributed by atoms with van der Waals surface area (Å²) in [6, 6.07) is 23.3. The number of anilines is 2. The number of sulfonamides is 1. The van der Waals surface area contributed by atoms with Crippen molar-refractivity contribution in [2.75, 3.05) is 23.5 Å². The number of aryl methyl sites for hydroxylation is 1. The Kier molecular flexibility index (Phi) is 7.36. The molecule has 3 heterocycles. The lowest BCUT2D eigenvalue weighted by Crippen LogP contribution is -2.36. The van der Waals surface area contributed by atoms with Crippen LogP contribution in [0.1, 0.15) is 23.7 Å². The predicted molar refractivity (Wildman–Crippen MR) is 160 cm³/mol.